The molecule has 3 nitrogen and oxygen atoms in total. The molecule has 0 saturated heterocycles. The SMILES string of the molecule is CC(C)CCN(C)C(=O)CCC(N)c1ccccc1. The number of nitrogens with zero attached hydrogens (tertiary/aromatic N) is 1. The fourth-order valence-corrected chi connectivity index (χ4v) is 1.91. The molecule has 1 atom stereocenters. The number of carbonyl (C=O) groups is 1. The van der Waals surface area contributed by atoms with Gasteiger partial charge in [-0.05, 0) is 24.3 Å². The van der Waals surface area contributed by atoms with Crippen molar-refractivity contribution in [2.24, 2.45) is 11.7 Å². The van der Waals surface area contributed by atoms with Gasteiger partial charge in [0.2, 0.25) is 5.91 Å². The summed E-state index contributed by atoms with van der Waals surface area (Å²) in [5, 5.41) is 0. The second-order valence-corrected chi connectivity index (χ2v) is 5.55. The summed E-state index contributed by atoms with van der Waals surface area (Å²) in [6.07, 6.45) is 2.27. The average molecular weight is 262 g/mol. The summed E-state index contributed by atoms with van der Waals surface area (Å²) in [5.74, 6) is 0.814. The minimum atomic E-state index is -0.0522. The highest BCUT2D eigenvalue weighted by molar-refractivity contribution is 5.75. The molecule has 0 aliphatic carbocycles. The van der Waals surface area contributed by atoms with Crippen molar-refractivity contribution < 1.29 is 4.79 Å². The summed E-state index contributed by atoms with van der Waals surface area (Å²) < 4.78 is 0. The molecule has 3 heteroatoms. The smallest absolute Gasteiger partial charge is 0.222 e. The first-order valence-corrected chi connectivity index (χ1v) is 7.05. The first-order chi connectivity index (χ1) is 9.00. The molecule has 0 fully saturated rings. The molecule has 1 rings (SSSR count). The Morgan fingerprint density at radius 2 is 1.84 bits per heavy atom. The van der Waals surface area contributed by atoms with Crippen LogP contribution in [0, 0.1) is 5.92 Å². The zero-order chi connectivity index (χ0) is 14.3. The van der Waals surface area contributed by atoms with Gasteiger partial charge in [0.25, 0.3) is 0 Å². The van der Waals surface area contributed by atoms with Crippen molar-refractivity contribution in [2.75, 3.05) is 13.6 Å². The van der Waals surface area contributed by atoms with Gasteiger partial charge in [0.15, 0.2) is 0 Å². The molecule has 0 saturated carbocycles. The number of hydrogen-bond donors (Lipinski definition) is 1. The van der Waals surface area contributed by atoms with Crippen LogP contribution in [0.5, 0.6) is 0 Å². The second kappa shape index (κ2) is 7.95. The van der Waals surface area contributed by atoms with Gasteiger partial charge in [-0.25, -0.2) is 0 Å². The van der Waals surface area contributed by atoms with Gasteiger partial charge in [0, 0.05) is 26.1 Å². The van der Waals surface area contributed by atoms with E-state index in [2.05, 4.69) is 13.8 Å². The largest absolute Gasteiger partial charge is 0.346 e. The Kier molecular flexibility index (Phi) is 6.57. The zero-order valence-electron chi connectivity index (χ0n) is 12.3. The molecule has 0 heterocycles. The Balaban J connectivity index is 2.33. The number of nitrogens with two attached hydrogens (primary N) is 1. The van der Waals surface area contributed by atoms with E-state index in [1.165, 1.54) is 0 Å². The van der Waals surface area contributed by atoms with E-state index in [1.807, 2.05) is 42.3 Å². The molecule has 1 aromatic rings. The Morgan fingerprint density at radius 1 is 1.21 bits per heavy atom. The van der Waals surface area contributed by atoms with Crippen LogP contribution in [-0.4, -0.2) is 24.4 Å². The number of hydrogen-bond acceptors (Lipinski definition) is 2. The van der Waals surface area contributed by atoms with Crippen LogP contribution in [-0.2, 0) is 4.79 Å². The minimum absolute atomic E-state index is 0.0522. The highest BCUT2D eigenvalue weighted by Gasteiger charge is 2.12. The van der Waals surface area contributed by atoms with Gasteiger partial charge in [0.1, 0.15) is 0 Å². The van der Waals surface area contributed by atoms with Crippen LogP contribution in [0.2, 0.25) is 0 Å². The zero-order valence-corrected chi connectivity index (χ0v) is 12.3. The van der Waals surface area contributed by atoms with E-state index in [1.54, 1.807) is 0 Å². The topological polar surface area (TPSA) is 46.3 Å². The fraction of sp³-hybridized carbons (Fsp3) is 0.562. The third-order valence-electron chi connectivity index (χ3n) is 3.36. The van der Waals surface area contributed by atoms with Gasteiger partial charge in [-0.15, -0.1) is 0 Å². The first kappa shape index (κ1) is 15.7. The third-order valence-corrected chi connectivity index (χ3v) is 3.36. The molecule has 0 aromatic heterocycles. The van der Waals surface area contributed by atoms with Crippen LogP contribution in [0.3, 0.4) is 0 Å². The van der Waals surface area contributed by atoms with E-state index in [0.717, 1.165) is 18.5 Å². The molecule has 1 amide bonds. The number of carbonyl (C=O) groups excluding carboxylic acids is 1. The summed E-state index contributed by atoms with van der Waals surface area (Å²) in [7, 11) is 1.87. The lowest BCUT2D eigenvalue weighted by Gasteiger charge is -2.19. The summed E-state index contributed by atoms with van der Waals surface area (Å²) in [6, 6.07) is 9.90. The summed E-state index contributed by atoms with van der Waals surface area (Å²) >= 11 is 0. The molecule has 106 valence electrons. The first-order valence-electron chi connectivity index (χ1n) is 7.05. The predicted molar refractivity (Wildman–Crippen MR) is 79.7 cm³/mol. The maximum absolute atomic E-state index is 12.0. The van der Waals surface area contributed by atoms with Crippen LogP contribution in [0.15, 0.2) is 30.3 Å². The van der Waals surface area contributed by atoms with E-state index >= 15 is 0 Å². The van der Waals surface area contributed by atoms with Crippen LogP contribution >= 0.6 is 0 Å². The van der Waals surface area contributed by atoms with E-state index in [4.69, 9.17) is 5.73 Å². The van der Waals surface area contributed by atoms with Gasteiger partial charge in [-0.3, -0.25) is 4.79 Å². The number of benzene rings is 1. The van der Waals surface area contributed by atoms with E-state index in [0.29, 0.717) is 18.8 Å². The van der Waals surface area contributed by atoms with Gasteiger partial charge in [-0.1, -0.05) is 44.2 Å². The van der Waals surface area contributed by atoms with Crippen molar-refractivity contribution >= 4 is 5.91 Å². The molecule has 0 aliphatic heterocycles. The number of amides is 1. The van der Waals surface area contributed by atoms with Crippen molar-refractivity contribution in [2.45, 2.75) is 39.2 Å². The average Bonchev–Trinajstić information content (AvgIpc) is 2.42. The van der Waals surface area contributed by atoms with Gasteiger partial charge < -0.3 is 10.6 Å². The Morgan fingerprint density at radius 3 is 2.42 bits per heavy atom. The third kappa shape index (κ3) is 5.88. The molecule has 0 bridgehead atoms. The highest BCUT2D eigenvalue weighted by atomic mass is 16.2. The fourth-order valence-electron chi connectivity index (χ4n) is 1.91. The van der Waals surface area contributed by atoms with Gasteiger partial charge in [-0.2, -0.15) is 0 Å². The van der Waals surface area contributed by atoms with E-state index < -0.39 is 0 Å². The molecule has 0 aliphatic rings. The van der Waals surface area contributed by atoms with Crippen molar-refractivity contribution in [3.63, 3.8) is 0 Å². The van der Waals surface area contributed by atoms with E-state index in [-0.39, 0.29) is 11.9 Å². The summed E-state index contributed by atoms with van der Waals surface area (Å²) in [5.41, 5.74) is 7.19. The Hall–Kier alpha value is -1.35. The summed E-state index contributed by atoms with van der Waals surface area (Å²) in [4.78, 5) is 13.8. The predicted octanol–water partition coefficient (Wildman–Crippen LogP) is 2.97. The van der Waals surface area contributed by atoms with Crippen LogP contribution in [0.4, 0.5) is 0 Å². The lowest BCUT2D eigenvalue weighted by Crippen LogP contribution is -2.29. The Labute approximate surface area is 116 Å². The minimum Gasteiger partial charge on any atom is -0.346 e. The maximum Gasteiger partial charge on any atom is 0.222 e. The molecule has 1 unspecified atom stereocenters. The maximum atomic E-state index is 12.0. The van der Waals surface area contributed by atoms with Gasteiger partial charge in [0.05, 0.1) is 0 Å². The van der Waals surface area contributed by atoms with Crippen molar-refractivity contribution in [1.29, 1.82) is 0 Å². The Bertz CT molecular complexity index is 376. The lowest BCUT2D eigenvalue weighted by atomic mass is 10.0. The standard InChI is InChI=1S/C16H26N2O/c1-13(2)11-12-18(3)16(19)10-9-15(17)14-7-5-4-6-8-14/h4-8,13,15H,9-12,17H2,1-3H3. The molecule has 1 aromatic carbocycles. The normalized spacial score (nSPS) is 12.5. The van der Waals surface area contributed by atoms with Gasteiger partial charge >= 0.3 is 0 Å². The van der Waals surface area contributed by atoms with Crippen molar-refractivity contribution in [3.05, 3.63) is 35.9 Å². The van der Waals surface area contributed by atoms with Crippen LogP contribution in [0.25, 0.3) is 0 Å². The van der Waals surface area contributed by atoms with Crippen LogP contribution < -0.4 is 5.73 Å². The quantitative estimate of drug-likeness (QED) is 0.821. The summed E-state index contributed by atoms with van der Waals surface area (Å²) in [6.45, 7) is 5.17. The second-order valence-electron chi connectivity index (χ2n) is 5.55. The molecular weight excluding hydrogens is 236 g/mol. The lowest BCUT2D eigenvalue weighted by molar-refractivity contribution is -0.130. The molecular formula is C16H26N2O. The molecule has 0 radical (unpaired) electrons. The molecule has 19 heavy (non-hydrogen) atoms. The number of rotatable bonds is 7. The molecule has 0 spiro atoms. The van der Waals surface area contributed by atoms with Crippen molar-refractivity contribution in [3.8, 4) is 0 Å². The highest BCUT2D eigenvalue weighted by Crippen LogP contribution is 2.15. The van der Waals surface area contributed by atoms with Crippen molar-refractivity contribution in [1.82, 2.24) is 4.90 Å². The monoisotopic (exact) mass is 262 g/mol. The molecule has 2 N–H and O–H groups in total. The van der Waals surface area contributed by atoms with Crippen LogP contribution in [0.1, 0.15) is 44.7 Å². The van der Waals surface area contributed by atoms with E-state index in [9.17, 15) is 4.79 Å².